The zero-order valence-corrected chi connectivity index (χ0v) is 13.8. The minimum absolute atomic E-state index is 0.173. The molecule has 25 heavy (non-hydrogen) atoms. The number of aromatic hydroxyl groups is 3. The first-order chi connectivity index (χ1) is 12.0. The molecule has 0 spiro atoms. The highest BCUT2D eigenvalue weighted by Gasteiger charge is 2.13. The molecule has 4 aromatic carbocycles. The van der Waals surface area contributed by atoms with Gasteiger partial charge in [-0.15, -0.1) is 0 Å². The number of benzene rings is 4. The van der Waals surface area contributed by atoms with E-state index in [9.17, 15) is 15.3 Å². The van der Waals surface area contributed by atoms with Gasteiger partial charge in [0.1, 0.15) is 17.2 Å². The van der Waals surface area contributed by atoms with Crippen molar-refractivity contribution in [2.75, 3.05) is 0 Å². The van der Waals surface area contributed by atoms with E-state index in [2.05, 4.69) is 0 Å². The highest BCUT2D eigenvalue weighted by molar-refractivity contribution is 5.92. The van der Waals surface area contributed by atoms with Gasteiger partial charge in [0.25, 0.3) is 0 Å². The van der Waals surface area contributed by atoms with Crippen molar-refractivity contribution in [3.8, 4) is 17.2 Å². The van der Waals surface area contributed by atoms with Crippen LogP contribution in [-0.4, -0.2) is 15.3 Å². The normalized spacial score (nSPS) is 11.2. The second kappa shape index (κ2) is 5.71. The highest BCUT2D eigenvalue weighted by atomic mass is 16.3. The van der Waals surface area contributed by atoms with Crippen LogP contribution >= 0.6 is 0 Å². The minimum Gasteiger partial charge on any atom is -0.508 e. The molecule has 0 aliphatic heterocycles. The zero-order chi connectivity index (χ0) is 17.6. The van der Waals surface area contributed by atoms with E-state index >= 15 is 0 Å². The summed E-state index contributed by atoms with van der Waals surface area (Å²) in [5.41, 5.74) is 2.92. The Morgan fingerprint density at radius 2 is 1.16 bits per heavy atom. The molecule has 0 bridgehead atoms. The maximum atomic E-state index is 10.4. The van der Waals surface area contributed by atoms with Gasteiger partial charge in [-0.05, 0) is 69.9 Å². The Kier molecular flexibility index (Phi) is 3.50. The lowest BCUT2D eigenvalue weighted by Gasteiger charge is -2.14. The van der Waals surface area contributed by atoms with Crippen LogP contribution in [0.5, 0.6) is 17.2 Å². The van der Waals surface area contributed by atoms with Gasteiger partial charge in [-0.1, -0.05) is 30.3 Å². The molecule has 0 fully saturated rings. The molecule has 0 aliphatic rings. The predicted molar refractivity (Wildman–Crippen MR) is 100 cm³/mol. The lowest BCUT2D eigenvalue weighted by Crippen LogP contribution is -1.96. The zero-order valence-electron chi connectivity index (χ0n) is 13.8. The third kappa shape index (κ3) is 2.64. The molecule has 3 nitrogen and oxygen atoms in total. The van der Waals surface area contributed by atoms with E-state index in [0.29, 0.717) is 6.42 Å². The van der Waals surface area contributed by atoms with Crippen LogP contribution in [0, 0.1) is 6.92 Å². The van der Waals surface area contributed by atoms with E-state index in [-0.39, 0.29) is 17.2 Å². The fourth-order valence-electron chi connectivity index (χ4n) is 3.43. The van der Waals surface area contributed by atoms with Crippen LogP contribution in [0.2, 0.25) is 0 Å². The Labute approximate surface area is 145 Å². The molecule has 4 rings (SSSR count). The van der Waals surface area contributed by atoms with Gasteiger partial charge in [-0.2, -0.15) is 0 Å². The number of rotatable bonds is 2. The van der Waals surface area contributed by atoms with Crippen molar-refractivity contribution in [2.45, 2.75) is 13.3 Å². The molecular weight excluding hydrogens is 312 g/mol. The Morgan fingerprint density at radius 1 is 0.640 bits per heavy atom. The van der Waals surface area contributed by atoms with Crippen LogP contribution in [0.15, 0.2) is 60.7 Å². The Hall–Kier alpha value is -3.20. The highest BCUT2D eigenvalue weighted by Crippen LogP contribution is 2.34. The molecule has 0 saturated carbocycles. The van der Waals surface area contributed by atoms with Gasteiger partial charge in [-0.25, -0.2) is 0 Å². The Balaban J connectivity index is 1.97. The number of aryl methyl sites for hydroxylation is 1. The maximum Gasteiger partial charge on any atom is 0.119 e. The van der Waals surface area contributed by atoms with Crippen molar-refractivity contribution in [1.82, 2.24) is 0 Å². The van der Waals surface area contributed by atoms with Crippen LogP contribution in [0.3, 0.4) is 0 Å². The molecule has 0 aliphatic carbocycles. The van der Waals surface area contributed by atoms with E-state index in [0.717, 1.165) is 38.2 Å². The van der Waals surface area contributed by atoms with Crippen LogP contribution in [0.25, 0.3) is 21.5 Å². The van der Waals surface area contributed by atoms with Gasteiger partial charge in [-0.3, -0.25) is 0 Å². The first kappa shape index (κ1) is 15.3. The first-order valence-corrected chi connectivity index (χ1v) is 8.18. The summed E-state index contributed by atoms with van der Waals surface area (Å²) in [6.45, 7) is 2.03. The molecule has 3 heteroatoms. The lowest BCUT2D eigenvalue weighted by atomic mass is 9.91. The van der Waals surface area contributed by atoms with E-state index in [1.807, 2.05) is 37.3 Å². The van der Waals surface area contributed by atoms with Gasteiger partial charge in [0, 0.05) is 12.0 Å². The fraction of sp³-hybridized carbons (Fsp3) is 0.0909. The third-order valence-corrected chi connectivity index (χ3v) is 4.80. The van der Waals surface area contributed by atoms with Gasteiger partial charge >= 0.3 is 0 Å². The van der Waals surface area contributed by atoms with Gasteiger partial charge in [0.15, 0.2) is 0 Å². The smallest absolute Gasteiger partial charge is 0.119 e. The summed E-state index contributed by atoms with van der Waals surface area (Å²) < 4.78 is 0. The molecule has 4 aromatic rings. The fourth-order valence-corrected chi connectivity index (χ4v) is 3.43. The second-order valence-corrected chi connectivity index (χ2v) is 6.41. The number of phenolic OH excluding ortho intramolecular Hbond substituents is 3. The van der Waals surface area contributed by atoms with Gasteiger partial charge < -0.3 is 15.3 Å². The second-order valence-electron chi connectivity index (χ2n) is 6.41. The average molecular weight is 330 g/mol. The van der Waals surface area contributed by atoms with Crippen LogP contribution in [-0.2, 0) is 6.42 Å². The minimum atomic E-state index is 0.173. The standard InChI is InChI=1S/C22H18O3/c1-13-2-3-14-4-7-16(23)10-19(14)18(13)12-21-20-11-17(24)8-5-15(20)6-9-22(21)25/h2-11,23-25H,12H2,1H3. The van der Waals surface area contributed by atoms with Crippen LogP contribution in [0.4, 0.5) is 0 Å². The van der Waals surface area contributed by atoms with Gasteiger partial charge in [0.05, 0.1) is 0 Å². The van der Waals surface area contributed by atoms with E-state index in [1.165, 1.54) is 0 Å². The van der Waals surface area contributed by atoms with Crippen molar-refractivity contribution in [2.24, 2.45) is 0 Å². The molecule has 0 heterocycles. The van der Waals surface area contributed by atoms with E-state index in [4.69, 9.17) is 0 Å². The van der Waals surface area contributed by atoms with Crippen molar-refractivity contribution in [3.05, 3.63) is 77.4 Å². The SMILES string of the molecule is Cc1ccc2ccc(O)cc2c1Cc1c(O)ccc2ccc(O)cc12. The number of hydrogen-bond acceptors (Lipinski definition) is 3. The molecular formula is C22H18O3. The van der Waals surface area contributed by atoms with Crippen molar-refractivity contribution < 1.29 is 15.3 Å². The summed E-state index contributed by atoms with van der Waals surface area (Å²) in [5.74, 6) is 0.598. The predicted octanol–water partition coefficient (Wildman–Crippen LogP) is 5.01. The summed E-state index contributed by atoms with van der Waals surface area (Å²) in [5, 5.41) is 34.0. The Bertz CT molecular complexity index is 1010. The molecule has 3 N–H and O–H groups in total. The monoisotopic (exact) mass is 330 g/mol. The largest absolute Gasteiger partial charge is 0.508 e. The summed E-state index contributed by atoms with van der Waals surface area (Å²) in [6.07, 6.45) is 0.513. The average Bonchev–Trinajstić information content (AvgIpc) is 2.59. The molecule has 0 radical (unpaired) electrons. The van der Waals surface area contributed by atoms with Crippen molar-refractivity contribution >= 4 is 21.5 Å². The van der Waals surface area contributed by atoms with E-state index in [1.54, 1.807) is 30.3 Å². The molecule has 0 unspecified atom stereocenters. The van der Waals surface area contributed by atoms with Crippen LogP contribution < -0.4 is 0 Å². The Morgan fingerprint density at radius 3 is 1.80 bits per heavy atom. The van der Waals surface area contributed by atoms with E-state index < -0.39 is 0 Å². The summed E-state index contributed by atoms with van der Waals surface area (Å²) in [4.78, 5) is 0. The van der Waals surface area contributed by atoms with Crippen molar-refractivity contribution in [3.63, 3.8) is 0 Å². The molecule has 0 amide bonds. The topological polar surface area (TPSA) is 60.7 Å². The van der Waals surface area contributed by atoms with Gasteiger partial charge in [0.2, 0.25) is 0 Å². The third-order valence-electron chi connectivity index (χ3n) is 4.80. The molecule has 124 valence electrons. The quantitative estimate of drug-likeness (QED) is 0.484. The molecule has 0 saturated heterocycles. The lowest BCUT2D eigenvalue weighted by molar-refractivity contribution is 0.470. The number of hydrogen-bond donors (Lipinski definition) is 3. The van der Waals surface area contributed by atoms with Crippen molar-refractivity contribution in [1.29, 1.82) is 0 Å². The number of fused-ring (bicyclic) bond motifs is 2. The maximum absolute atomic E-state index is 10.4. The summed E-state index contributed by atoms with van der Waals surface area (Å²) >= 11 is 0. The molecule has 0 aromatic heterocycles. The van der Waals surface area contributed by atoms with Crippen LogP contribution in [0.1, 0.15) is 16.7 Å². The number of phenols is 3. The summed E-state index contributed by atoms with van der Waals surface area (Å²) in [7, 11) is 0. The first-order valence-electron chi connectivity index (χ1n) is 8.18. The summed E-state index contributed by atoms with van der Waals surface area (Å²) in [6, 6.07) is 18.1. The molecule has 0 atom stereocenters.